The molecule has 4 heteroatoms. The van der Waals surface area contributed by atoms with Gasteiger partial charge in [-0.3, -0.25) is 4.68 Å². The Morgan fingerprint density at radius 2 is 1.90 bits per heavy atom. The topological polar surface area (TPSA) is 29.9 Å². The number of hydrogen-bond donors (Lipinski definition) is 1. The van der Waals surface area contributed by atoms with Gasteiger partial charge in [-0.15, -0.1) is 0 Å². The number of hydrogen-bond acceptors (Lipinski definition) is 2. The summed E-state index contributed by atoms with van der Waals surface area (Å²) in [5, 5.41) is 9.02. The number of aromatic nitrogens is 2. The van der Waals surface area contributed by atoms with Crippen LogP contribution in [0.5, 0.6) is 0 Å². The van der Waals surface area contributed by atoms with Crippen LogP contribution >= 0.6 is 11.6 Å². The van der Waals surface area contributed by atoms with E-state index in [1.165, 1.54) is 0 Å². The molecule has 0 aromatic carbocycles. The molecular formula is C17H32ClN3. The molecule has 0 aliphatic rings. The summed E-state index contributed by atoms with van der Waals surface area (Å²) in [5.74, 6) is 1.25. The van der Waals surface area contributed by atoms with E-state index >= 15 is 0 Å². The van der Waals surface area contributed by atoms with Crippen molar-refractivity contribution in [2.24, 2.45) is 24.3 Å². The molecule has 0 saturated heterocycles. The lowest BCUT2D eigenvalue weighted by Crippen LogP contribution is -2.39. The van der Waals surface area contributed by atoms with Gasteiger partial charge in [0.05, 0.1) is 16.4 Å². The molecule has 1 N–H and O–H groups in total. The molecule has 21 heavy (non-hydrogen) atoms. The van der Waals surface area contributed by atoms with Crippen LogP contribution in [0, 0.1) is 17.3 Å². The van der Waals surface area contributed by atoms with Crippen LogP contribution < -0.4 is 5.32 Å². The fourth-order valence-corrected chi connectivity index (χ4v) is 2.87. The van der Waals surface area contributed by atoms with Gasteiger partial charge in [0.15, 0.2) is 0 Å². The van der Waals surface area contributed by atoms with Crippen molar-refractivity contribution in [3.8, 4) is 0 Å². The summed E-state index contributed by atoms with van der Waals surface area (Å²) in [5.41, 5.74) is 2.35. The normalized spacial score (nSPS) is 15.0. The van der Waals surface area contributed by atoms with Crippen molar-refractivity contribution in [3.05, 3.63) is 16.4 Å². The van der Waals surface area contributed by atoms with Gasteiger partial charge in [0.1, 0.15) is 0 Å². The lowest BCUT2D eigenvalue weighted by Gasteiger charge is -2.34. The second kappa shape index (κ2) is 7.64. The third-order valence-corrected chi connectivity index (χ3v) is 4.99. The highest BCUT2D eigenvalue weighted by Gasteiger charge is 2.31. The van der Waals surface area contributed by atoms with Gasteiger partial charge in [-0.05, 0) is 36.6 Å². The van der Waals surface area contributed by atoms with Gasteiger partial charge in [-0.25, -0.2) is 0 Å². The third-order valence-electron chi connectivity index (χ3n) is 4.55. The van der Waals surface area contributed by atoms with E-state index in [0.717, 1.165) is 42.3 Å². The maximum absolute atomic E-state index is 6.52. The lowest BCUT2D eigenvalue weighted by molar-refractivity contribution is 0.201. The largest absolute Gasteiger partial charge is 0.316 e. The molecule has 1 heterocycles. The van der Waals surface area contributed by atoms with Crippen molar-refractivity contribution in [1.29, 1.82) is 0 Å². The van der Waals surface area contributed by atoms with E-state index in [9.17, 15) is 0 Å². The molecule has 122 valence electrons. The number of halogens is 1. The van der Waals surface area contributed by atoms with E-state index in [2.05, 4.69) is 52.0 Å². The standard InChI is InChI=1S/C17H32ClN3/c1-8-14-16(18)15(21(7)20-14)9-17(6,13(4)5)11-19-10-12(2)3/h12-13,19H,8-11H2,1-7H3. The molecule has 0 radical (unpaired) electrons. The molecule has 0 bridgehead atoms. The highest BCUT2D eigenvalue weighted by molar-refractivity contribution is 6.31. The molecule has 3 nitrogen and oxygen atoms in total. The van der Waals surface area contributed by atoms with Crippen molar-refractivity contribution in [3.63, 3.8) is 0 Å². The average Bonchev–Trinajstić information content (AvgIpc) is 2.65. The maximum Gasteiger partial charge on any atom is 0.0849 e. The molecule has 1 atom stereocenters. The second-order valence-electron chi connectivity index (χ2n) is 7.19. The van der Waals surface area contributed by atoms with E-state index in [1.807, 2.05) is 11.7 Å². The molecule has 0 saturated carbocycles. The lowest BCUT2D eigenvalue weighted by atomic mass is 9.75. The fraction of sp³-hybridized carbons (Fsp3) is 0.824. The summed E-state index contributed by atoms with van der Waals surface area (Å²) in [7, 11) is 2.00. The molecule has 0 fully saturated rings. The minimum Gasteiger partial charge on any atom is -0.316 e. The van der Waals surface area contributed by atoms with E-state index in [1.54, 1.807) is 0 Å². The quantitative estimate of drug-likeness (QED) is 0.783. The second-order valence-corrected chi connectivity index (χ2v) is 7.57. The van der Waals surface area contributed by atoms with Crippen LogP contribution in [0.4, 0.5) is 0 Å². The van der Waals surface area contributed by atoms with Gasteiger partial charge in [-0.1, -0.05) is 53.1 Å². The molecule has 0 amide bonds. The van der Waals surface area contributed by atoms with Crippen molar-refractivity contribution in [1.82, 2.24) is 15.1 Å². The van der Waals surface area contributed by atoms with Gasteiger partial charge < -0.3 is 5.32 Å². The molecule has 0 aliphatic heterocycles. The zero-order chi connectivity index (χ0) is 16.2. The highest BCUT2D eigenvalue weighted by Crippen LogP contribution is 2.34. The summed E-state index contributed by atoms with van der Waals surface area (Å²) in [6.45, 7) is 15.6. The zero-order valence-corrected chi connectivity index (χ0v) is 15.5. The number of nitrogens with one attached hydrogen (secondary N) is 1. The van der Waals surface area contributed by atoms with Crippen LogP contribution in [0.15, 0.2) is 0 Å². The minimum atomic E-state index is 0.178. The van der Waals surface area contributed by atoms with E-state index in [0.29, 0.717) is 11.8 Å². The van der Waals surface area contributed by atoms with Crippen molar-refractivity contribution >= 4 is 11.6 Å². The van der Waals surface area contributed by atoms with Crippen LogP contribution in [0.2, 0.25) is 5.02 Å². The van der Waals surface area contributed by atoms with Gasteiger partial charge in [0.2, 0.25) is 0 Å². The summed E-state index contributed by atoms with van der Waals surface area (Å²) >= 11 is 6.52. The predicted octanol–water partition coefficient (Wildman–Crippen LogP) is 4.09. The Hall–Kier alpha value is -0.540. The van der Waals surface area contributed by atoms with Crippen LogP contribution in [-0.4, -0.2) is 22.9 Å². The van der Waals surface area contributed by atoms with Crippen LogP contribution in [0.25, 0.3) is 0 Å². The van der Waals surface area contributed by atoms with Crippen LogP contribution in [0.1, 0.15) is 52.9 Å². The Morgan fingerprint density at radius 3 is 2.33 bits per heavy atom. The highest BCUT2D eigenvalue weighted by atomic mass is 35.5. The van der Waals surface area contributed by atoms with Gasteiger partial charge in [0.25, 0.3) is 0 Å². The van der Waals surface area contributed by atoms with Crippen molar-refractivity contribution in [2.45, 2.75) is 54.4 Å². The monoisotopic (exact) mass is 313 g/mol. The number of aryl methyl sites for hydroxylation is 2. The molecule has 1 unspecified atom stereocenters. The summed E-state index contributed by atoms with van der Waals surface area (Å²) in [6, 6.07) is 0. The molecule has 1 aromatic heterocycles. The smallest absolute Gasteiger partial charge is 0.0849 e. The van der Waals surface area contributed by atoms with Crippen molar-refractivity contribution < 1.29 is 0 Å². The molecular weight excluding hydrogens is 282 g/mol. The number of rotatable bonds is 8. The van der Waals surface area contributed by atoms with E-state index < -0.39 is 0 Å². The Kier molecular flexibility index (Phi) is 6.73. The molecule has 0 aliphatic carbocycles. The first-order valence-electron chi connectivity index (χ1n) is 8.12. The molecule has 1 rings (SSSR count). The average molecular weight is 314 g/mol. The predicted molar refractivity (Wildman–Crippen MR) is 92.0 cm³/mol. The van der Waals surface area contributed by atoms with Crippen molar-refractivity contribution in [2.75, 3.05) is 13.1 Å². The maximum atomic E-state index is 6.52. The Bertz CT molecular complexity index is 451. The zero-order valence-electron chi connectivity index (χ0n) is 14.8. The Labute approximate surface area is 135 Å². The van der Waals surface area contributed by atoms with Gasteiger partial charge in [-0.2, -0.15) is 5.10 Å². The van der Waals surface area contributed by atoms with Gasteiger partial charge in [0, 0.05) is 13.6 Å². The van der Waals surface area contributed by atoms with Crippen LogP contribution in [0.3, 0.4) is 0 Å². The summed E-state index contributed by atoms with van der Waals surface area (Å²) in [4.78, 5) is 0. The molecule has 0 spiro atoms. The minimum absolute atomic E-state index is 0.178. The summed E-state index contributed by atoms with van der Waals surface area (Å²) in [6.07, 6.45) is 1.84. The molecule has 1 aromatic rings. The first-order valence-corrected chi connectivity index (χ1v) is 8.50. The summed E-state index contributed by atoms with van der Waals surface area (Å²) < 4.78 is 1.96. The third kappa shape index (κ3) is 4.72. The number of nitrogens with zero attached hydrogens (tertiary/aromatic N) is 2. The van der Waals surface area contributed by atoms with Crippen LogP contribution in [-0.2, 0) is 19.9 Å². The first kappa shape index (κ1) is 18.5. The first-order chi connectivity index (χ1) is 9.71. The van der Waals surface area contributed by atoms with E-state index in [4.69, 9.17) is 11.6 Å². The Balaban J connectivity index is 2.90. The van der Waals surface area contributed by atoms with Gasteiger partial charge >= 0.3 is 0 Å². The van der Waals surface area contributed by atoms with E-state index in [-0.39, 0.29) is 5.41 Å². The SMILES string of the molecule is CCc1nn(C)c(CC(C)(CNCC(C)C)C(C)C)c1Cl. The Morgan fingerprint density at radius 1 is 1.29 bits per heavy atom. The fourth-order valence-electron chi connectivity index (χ4n) is 2.51.